The Morgan fingerprint density at radius 1 is 0.894 bits per heavy atom. The molecule has 13 nitrogen and oxygen atoms in total. The van der Waals surface area contributed by atoms with Gasteiger partial charge in [-0.15, -0.1) is 0 Å². The third-order valence-corrected chi connectivity index (χ3v) is 8.67. The molecule has 1 saturated heterocycles. The van der Waals surface area contributed by atoms with Gasteiger partial charge in [0, 0.05) is 53.7 Å². The van der Waals surface area contributed by atoms with Crippen molar-refractivity contribution in [1.82, 2.24) is 20.2 Å². The molecule has 4 aromatic rings. The molecule has 0 saturated carbocycles. The fourth-order valence-electron chi connectivity index (χ4n) is 6.34. The van der Waals surface area contributed by atoms with E-state index in [9.17, 15) is 29.7 Å². The Kier molecular flexibility index (Phi) is 7.78. The highest BCUT2D eigenvalue weighted by Crippen LogP contribution is 2.57. The molecule has 2 amide bonds. The number of nitrogens with one attached hydrogen (secondary N) is 2. The van der Waals surface area contributed by atoms with E-state index in [2.05, 4.69) is 15.6 Å². The van der Waals surface area contributed by atoms with Gasteiger partial charge >= 0.3 is 5.97 Å². The summed E-state index contributed by atoms with van der Waals surface area (Å²) in [6, 6.07) is 13.7. The molecule has 2 unspecified atom stereocenters. The third kappa shape index (κ3) is 5.42. The van der Waals surface area contributed by atoms with E-state index in [4.69, 9.17) is 14.2 Å². The van der Waals surface area contributed by atoms with E-state index < -0.39 is 11.6 Å². The van der Waals surface area contributed by atoms with Gasteiger partial charge in [0.05, 0.1) is 24.6 Å². The van der Waals surface area contributed by atoms with Crippen molar-refractivity contribution in [1.29, 1.82) is 0 Å². The summed E-state index contributed by atoms with van der Waals surface area (Å²) in [4.78, 5) is 43.1. The highest BCUT2D eigenvalue weighted by Gasteiger charge is 2.54. The van der Waals surface area contributed by atoms with Crippen LogP contribution in [0.2, 0.25) is 0 Å². The number of phenols is 2. The molecule has 1 aromatic heterocycles. The average Bonchev–Trinajstić information content (AvgIpc) is 3.81. The Labute approximate surface area is 268 Å². The average molecular weight is 641 g/mol. The van der Waals surface area contributed by atoms with E-state index in [0.29, 0.717) is 48.2 Å². The first kappa shape index (κ1) is 30.3. The lowest BCUT2D eigenvalue weighted by Gasteiger charge is -2.36. The fraction of sp³-hybridized carbons (Fsp3) is 0.294. The Balaban J connectivity index is 0.990. The number of benzene rings is 3. The lowest BCUT2D eigenvalue weighted by molar-refractivity contribution is -0.0224. The van der Waals surface area contributed by atoms with Crippen molar-refractivity contribution in [3.8, 4) is 23.0 Å². The molecule has 0 bridgehead atoms. The summed E-state index contributed by atoms with van der Waals surface area (Å²) < 4.78 is 19.5. The van der Waals surface area contributed by atoms with Gasteiger partial charge < -0.3 is 44.7 Å². The number of aromatic nitrogens is 2. The summed E-state index contributed by atoms with van der Waals surface area (Å²) in [6.07, 6.45) is 5.42. The minimum atomic E-state index is -1.47. The molecule has 3 aliphatic heterocycles. The zero-order valence-corrected chi connectivity index (χ0v) is 25.1. The number of hydrogen-bond acceptors (Lipinski definition) is 10. The van der Waals surface area contributed by atoms with Gasteiger partial charge in [-0.2, -0.15) is 0 Å². The predicted octanol–water partition coefficient (Wildman–Crippen LogP) is 3.47. The third-order valence-electron chi connectivity index (χ3n) is 8.67. The minimum Gasteiger partial charge on any atom is -0.508 e. The van der Waals surface area contributed by atoms with E-state index >= 15 is 0 Å². The summed E-state index contributed by atoms with van der Waals surface area (Å²) >= 11 is 0. The van der Waals surface area contributed by atoms with Gasteiger partial charge in [-0.3, -0.25) is 9.59 Å². The van der Waals surface area contributed by atoms with Gasteiger partial charge in [-0.25, -0.2) is 9.78 Å². The quantitative estimate of drug-likeness (QED) is 0.134. The van der Waals surface area contributed by atoms with Crippen LogP contribution in [-0.4, -0.2) is 68.5 Å². The van der Waals surface area contributed by atoms with Crippen LogP contribution in [0.5, 0.6) is 23.0 Å². The molecular formula is C34H32N4O9. The van der Waals surface area contributed by atoms with Crippen molar-refractivity contribution in [3.05, 3.63) is 101 Å². The number of unbranched alkanes of at least 4 members (excludes halogenated alkanes) is 1. The van der Waals surface area contributed by atoms with E-state index in [1.54, 1.807) is 47.4 Å². The molecule has 0 radical (unpaired) electrons. The maximum atomic E-state index is 13.2. The second kappa shape index (κ2) is 12.1. The number of hydrogen-bond donors (Lipinski definition) is 5. The lowest BCUT2D eigenvalue weighted by Crippen LogP contribution is -2.33. The van der Waals surface area contributed by atoms with Crippen LogP contribution in [0, 0.1) is 0 Å². The number of fused-ring (bicyclic) bond motifs is 6. The van der Waals surface area contributed by atoms with Crippen LogP contribution in [0.4, 0.5) is 0 Å². The van der Waals surface area contributed by atoms with Crippen molar-refractivity contribution in [2.75, 3.05) is 19.7 Å². The molecule has 242 valence electrons. The van der Waals surface area contributed by atoms with Gasteiger partial charge in [0.15, 0.2) is 5.60 Å². The maximum absolute atomic E-state index is 13.2. The normalized spacial score (nSPS) is 18.5. The molecule has 1 fully saturated rings. The molecule has 5 N–H and O–H groups in total. The molecule has 7 rings (SSSR count). The largest absolute Gasteiger partial charge is 0.508 e. The first-order valence-corrected chi connectivity index (χ1v) is 15.4. The number of ether oxygens (including phenoxy) is 3. The van der Waals surface area contributed by atoms with Crippen molar-refractivity contribution in [2.45, 2.75) is 43.6 Å². The predicted molar refractivity (Wildman–Crippen MR) is 164 cm³/mol. The van der Waals surface area contributed by atoms with Crippen molar-refractivity contribution in [2.24, 2.45) is 0 Å². The summed E-state index contributed by atoms with van der Waals surface area (Å²) in [5.74, 6) is -0.850. The molecule has 4 heterocycles. The molecular weight excluding hydrogens is 608 g/mol. The van der Waals surface area contributed by atoms with E-state index in [0.717, 1.165) is 12.8 Å². The van der Waals surface area contributed by atoms with Crippen molar-refractivity contribution in [3.63, 3.8) is 0 Å². The number of carbonyl (C=O) groups excluding carboxylic acids is 3. The molecule has 3 aromatic carbocycles. The molecule has 47 heavy (non-hydrogen) atoms. The van der Waals surface area contributed by atoms with Crippen LogP contribution in [-0.2, 0) is 15.1 Å². The zero-order chi connectivity index (χ0) is 32.7. The molecule has 0 aliphatic carbocycles. The number of esters is 1. The first-order chi connectivity index (χ1) is 22.8. The molecule has 3 aliphatic rings. The van der Waals surface area contributed by atoms with E-state index in [1.165, 1.54) is 24.3 Å². The first-order valence-electron chi connectivity index (χ1n) is 15.4. The van der Waals surface area contributed by atoms with Crippen LogP contribution in [0.25, 0.3) is 0 Å². The van der Waals surface area contributed by atoms with Gasteiger partial charge in [0.2, 0.25) is 0 Å². The number of aliphatic hydroxyl groups excluding tert-OH is 1. The van der Waals surface area contributed by atoms with Crippen LogP contribution >= 0.6 is 0 Å². The zero-order valence-electron chi connectivity index (χ0n) is 25.1. The lowest BCUT2D eigenvalue weighted by atomic mass is 9.77. The number of aliphatic hydroxyl groups is 1. The Bertz CT molecular complexity index is 1840. The molecule has 13 heteroatoms. The Morgan fingerprint density at radius 2 is 1.57 bits per heavy atom. The number of aromatic hydroxyl groups is 2. The topological polar surface area (TPSA) is 181 Å². The summed E-state index contributed by atoms with van der Waals surface area (Å²) in [5, 5.41) is 35.3. The fourth-order valence-corrected chi connectivity index (χ4v) is 6.34. The number of amides is 2. The van der Waals surface area contributed by atoms with E-state index in [1.807, 2.05) is 0 Å². The monoisotopic (exact) mass is 640 g/mol. The Hall–Kier alpha value is -5.40. The van der Waals surface area contributed by atoms with Gasteiger partial charge in [0.25, 0.3) is 11.8 Å². The van der Waals surface area contributed by atoms with Crippen molar-refractivity contribution >= 4 is 17.8 Å². The van der Waals surface area contributed by atoms with Gasteiger partial charge in [0.1, 0.15) is 34.9 Å². The summed E-state index contributed by atoms with van der Waals surface area (Å²) in [7, 11) is 0. The Morgan fingerprint density at radius 3 is 2.23 bits per heavy atom. The van der Waals surface area contributed by atoms with Crippen LogP contribution in [0.3, 0.4) is 0 Å². The number of carbonyl (C=O) groups is 3. The van der Waals surface area contributed by atoms with Crippen LogP contribution in [0.1, 0.15) is 79.8 Å². The standard InChI is InChI=1S/C34H32N4O9/c39-17-22-6-10-30(45-22)38-16-27(37-18-38)32(43)36-12-2-1-11-35-31(42)19-3-7-23-26(13-19)34(47-33(23)44)24-8-4-20(40)14-28(24)46-29-15-21(41)5-9-25(29)34/h3-5,7-9,13-16,18,22,30,39-41H,1-2,6,10-12,17H2,(H,35,42)(H,36,43). The molecule has 1 spiro atoms. The second-order valence-corrected chi connectivity index (χ2v) is 11.7. The summed E-state index contributed by atoms with van der Waals surface area (Å²) in [6.45, 7) is 0.702. The number of phenolic OH excluding ortho intramolecular Hbond substituents is 2. The van der Waals surface area contributed by atoms with Gasteiger partial charge in [-0.1, -0.05) is 0 Å². The molecule has 2 atom stereocenters. The highest BCUT2D eigenvalue weighted by atomic mass is 16.6. The summed E-state index contributed by atoms with van der Waals surface area (Å²) in [5.41, 5.74) is 0.779. The second-order valence-electron chi connectivity index (χ2n) is 11.7. The smallest absolute Gasteiger partial charge is 0.340 e. The minimum absolute atomic E-state index is 0.0393. The van der Waals surface area contributed by atoms with E-state index in [-0.39, 0.29) is 65.0 Å². The number of rotatable bonds is 9. The van der Waals surface area contributed by atoms with Crippen LogP contribution < -0.4 is 15.4 Å². The van der Waals surface area contributed by atoms with Gasteiger partial charge in [-0.05, 0) is 68.1 Å². The number of imidazole rings is 1. The van der Waals surface area contributed by atoms with Crippen LogP contribution in [0.15, 0.2) is 67.1 Å². The van der Waals surface area contributed by atoms with Crippen molar-refractivity contribution < 1.29 is 43.9 Å². The number of nitrogens with zero attached hydrogens (tertiary/aromatic N) is 2. The SMILES string of the molecule is O=C(NCCCCNC(=O)c1cn(C2CCC(CO)O2)cn1)c1ccc2c(c1)C1(OC2=O)c2ccc(O)cc2Oc2cc(O)ccc21. The maximum Gasteiger partial charge on any atom is 0.340 e. The highest BCUT2D eigenvalue weighted by molar-refractivity contribution is 6.00.